The van der Waals surface area contributed by atoms with Crippen LogP contribution in [0.15, 0.2) is 30.3 Å². The number of hydrazine groups is 1. The van der Waals surface area contributed by atoms with Crippen molar-refractivity contribution < 1.29 is 19.5 Å². The summed E-state index contributed by atoms with van der Waals surface area (Å²) in [4.78, 5) is 37.3. The van der Waals surface area contributed by atoms with E-state index in [-0.39, 0.29) is 18.2 Å². The van der Waals surface area contributed by atoms with Crippen molar-refractivity contribution in [1.82, 2.24) is 15.8 Å². The molecular weight excluding hydrogens is 360 g/mol. The highest BCUT2D eigenvalue weighted by molar-refractivity contribution is 5.91. The van der Waals surface area contributed by atoms with Crippen molar-refractivity contribution in [2.45, 2.75) is 57.7 Å². The molecule has 5 N–H and O–H groups in total. The van der Waals surface area contributed by atoms with Gasteiger partial charge in [-0.05, 0) is 30.7 Å². The van der Waals surface area contributed by atoms with Crippen LogP contribution in [0.25, 0.3) is 0 Å². The fraction of sp³-hybridized carbons (Fsp3) is 0.550. The Bertz CT molecular complexity index is 680. The van der Waals surface area contributed by atoms with Crippen LogP contribution < -0.4 is 16.5 Å². The fourth-order valence-electron chi connectivity index (χ4n) is 3.14. The smallest absolute Gasteiger partial charge is 0.326 e. The van der Waals surface area contributed by atoms with Gasteiger partial charge in [0.05, 0.1) is 6.04 Å². The number of carbonyl (C=O) groups is 3. The maximum atomic E-state index is 12.9. The first-order valence-corrected chi connectivity index (χ1v) is 9.70. The van der Waals surface area contributed by atoms with Crippen molar-refractivity contribution in [3.05, 3.63) is 35.9 Å². The molecule has 2 amide bonds. The third-order valence-electron chi connectivity index (χ3n) is 4.94. The molecule has 1 aromatic rings. The lowest BCUT2D eigenvalue weighted by atomic mass is 10.0. The molecule has 0 aliphatic carbocycles. The second kappa shape index (κ2) is 10.2. The topological polar surface area (TPSA) is 125 Å². The molecule has 154 valence electrons. The first-order chi connectivity index (χ1) is 13.3. The van der Waals surface area contributed by atoms with E-state index in [9.17, 15) is 19.5 Å². The van der Waals surface area contributed by atoms with Crippen molar-refractivity contribution in [1.29, 1.82) is 0 Å². The van der Waals surface area contributed by atoms with Crippen LogP contribution in [0, 0.1) is 5.92 Å². The van der Waals surface area contributed by atoms with E-state index in [0.717, 1.165) is 18.4 Å². The quantitative estimate of drug-likeness (QED) is 0.542. The summed E-state index contributed by atoms with van der Waals surface area (Å²) in [5.41, 5.74) is 9.80. The van der Waals surface area contributed by atoms with E-state index < -0.39 is 30.0 Å². The molecule has 0 unspecified atom stereocenters. The molecule has 1 aliphatic rings. The minimum absolute atomic E-state index is 0.0777. The summed E-state index contributed by atoms with van der Waals surface area (Å²) in [5.74, 6) is -2.03. The number of rotatable bonds is 7. The van der Waals surface area contributed by atoms with Gasteiger partial charge in [0, 0.05) is 13.0 Å². The second-order valence-corrected chi connectivity index (χ2v) is 7.49. The Kier molecular flexibility index (Phi) is 7.95. The van der Waals surface area contributed by atoms with Gasteiger partial charge in [-0.1, -0.05) is 44.2 Å². The van der Waals surface area contributed by atoms with E-state index in [1.165, 1.54) is 5.01 Å². The summed E-state index contributed by atoms with van der Waals surface area (Å²) < 4.78 is 0. The number of carboxylic acid groups (broad SMARTS) is 1. The maximum Gasteiger partial charge on any atom is 0.326 e. The number of nitrogens with zero attached hydrogens (tertiary/aromatic N) is 1. The highest BCUT2D eigenvalue weighted by Crippen LogP contribution is 2.15. The Morgan fingerprint density at radius 3 is 2.54 bits per heavy atom. The number of nitrogens with one attached hydrogen (secondary N) is 2. The van der Waals surface area contributed by atoms with Crippen LogP contribution in [0.1, 0.15) is 38.7 Å². The van der Waals surface area contributed by atoms with Gasteiger partial charge in [0.15, 0.2) is 0 Å². The number of hydrogen-bond acceptors (Lipinski definition) is 5. The molecule has 0 radical (unpaired) electrons. The van der Waals surface area contributed by atoms with Gasteiger partial charge >= 0.3 is 5.97 Å². The largest absolute Gasteiger partial charge is 0.480 e. The van der Waals surface area contributed by atoms with Crippen LogP contribution in [0.5, 0.6) is 0 Å². The highest BCUT2D eigenvalue weighted by atomic mass is 16.4. The average molecular weight is 390 g/mol. The summed E-state index contributed by atoms with van der Waals surface area (Å²) >= 11 is 0. The number of carbonyl (C=O) groups excluding carboxylic acids is 2. The zero-order chi connectivity index (χ0) is 20.7. The summed E-state index contributed by atoms with van der Waals surface area (Å²) in [5, 5.41) is 13.4. The van der Waals surface area contributed by atoms with Crippen LogP contribution >= 0.6 is 0 Å². The van der Waals surface area contributed by atoms with Crippen molar-refractivity contribution in [3.8, 4) is 0 Å². The first-order valence-electron chi connectivity index (χ1n) is 9.70. The third-order valence-corrected chi connectivity index (χ3v) is 4.94. The van der Waals surface area contributed by atoms with Crippen LogP contribution in [-0.4, -0.2) is 52.6 Å². The summed E-state index contributed by atoms with van der Waals surface area (Å²) in [7, 11) is 0. The van der Waals surface area contributed by atoms with Gasteiger partial charge in [-0.3, -0.25) is 14.6 Å². The van der Waals surface area contributed by atoms with Gasteiger partial charge in [-0.2, -0.15) is 0 Å². The first kappa shape index (κ1) is 21.8. The van der Waals surface area contributed by atoms with Crippen molar-refractivity contribution >= 4 is 17.8 Å². The van der Waals surface area contributed by atoms with Gasteiger partial charge in [0.1, 0.15) is 12.1 Å². The summed E-state index contributed by atoms with van der Waals surface area (Å²) in [6.07, 6.45) is 2.19. The van der Waals surface area contributed by atoms with E-state index in [4.69, 9.17) is 5.73 Å². The lowest BCUT2D eigenvalue weighted by Gasteiger charge is -2.32. The average Bonchev–Trinajstić information content (AvgIpc) is 2.93. The Labute approximate surface area is 165 Å². The number of benzene rings is 1. The third kappa shape index (κ3) is 5.77. The molecular formula is C20H30N4O4. The Morgan fingerprint density at radius 1 is 1.25 bits per heavy atom. The molecule has 8 heteroatoms. The fourth-order valence-corrected chi connectivity index (χ4v) is 3.14. The number of amides is 2. The molecule has 1 saturated heterocycles. The molecule has 2 rings (SSSR count). The predicted octanol–water partition coefficient (Wildman–Crippen LogP) is 0.668. The molecule has 8 nitrogen and oxygen atoms in total. The Balaban J connectivity index is 2.14. The van der Waals surface area contributed by atoms with Gasteiger partial charge in [-0.25, -0.2) is 10.2 Å². The number of carboxylic acids is 1. The number of aliphatic carboxylic acids is 1. The number of hydrogen-bond donors (Lipinski definition) is 4. The van der Waals surface area contributed by atoms with Crippen molar-refractivity contribution in [2.75, 3.05) is 6.54 Å². The van der Waals surface area contributed by atoms with Crippen LogP contribution in [0.4, 0.5) is 0 Å². The Hall–Kier alpha value is -2.45. The zero-order valence-corrected chi connectivity index (χ0v) is 16.4. The van der Waals surface area contributed by atoms with E-state index in [1.807, 2.05) is 44.2 Å². The molecule has 0 saturated carbocycles. The van der Waals surface area contributed by atoms with E-state index >= 15 is 0 Å². The Morgan fingerprint density at radius 2 is 1.93 bits per heavy atom. The monoisotopic (exact) mass is 390 g/mol. The molecule has 3 atom stereocenters. The van der Waals surface area contributed by atoms with Gasteiger partial charge in [0.2, 0.25) is 5.91 Å². The molecule has 1 aliphatic heterocycles. The van der Waals surface area contributed by atoms with Crippen LogP contribution in [0.2, 0.25) is 0 Å². The molecule has 1 heterocycles. The molecule has 1 aromatic carbocycles. The predicted molar refractivity (Wildman–Crippen MR) is 105 cm³/mol. The number of nitrogens with two attached hydrogens (primary N) is 1. The molecule has 0 spiro atoms. The van der Waals surface area contributed by atoms with Gasteiger partial charge in [0.25, 0.3) is 5.91 Å². The van der Waals surface area contributed by atoms with Crippen molar-refractivity contribution in [2.24, 2.45) is 11.7 Å². The van der Waals surface area contributed by atoms with Gasteiger partial charge in [-0.15, -0.1) is 0 Å². The van der Waals surface area contributed by atoms with E-state index in [2.05, 4.69) is 10.7 Å². The minimum atomic E-state index is -1.12. The maximum absolute atomic E-state index is 12.9. The lowest BCUT2D eigenvalue weighted by Crippen LogP contribution is -2.61. The highest BCUT2D eigenvalue weighted by Gasteiger charge is 2.36. The minimum Gasteiger partial charge on any atom is -0.480 e. The van der Waals surface area contributed by atoms with E-state index in [0.29, 0.717) is 13.0 Å². The second-order valence-electron chi connectivity index (χ2n) is 7.49. The molecule has 28 heavy (non-hydrogen) atoms. The van der Waals surface area contributed by atoms with Gasteiger partial charge < -0.3 is 16.2 Å². The van der Waals surface area contributed by atoms with Crippen LogP contribution in [0.3, 0.4) is 0 Å². The zero-order valence-electron chi connectivity index (χ0n) is 16.4. The molecule has 1 fully saturated rings. The normalized spacial score (nSPS) is 19.6. The standard InChI is InChI=1S/C20H30N4O4/c1-13(2)17(21)19(26)24-16(10-6-7-11-22-24)18(25)23-15(20(27)28)12-14-8-4-3-5-9-14/h3-5,8-9,13,15-17,22H,6-7,10-12,21H2,1-2H3,(H,23,25)(H,27,28)/t15-,16-,17-/m0/s1. The molecule has 0 bridgehead atoms. The lowest BCUT2D eigenvalue weighted by molar-refractivity contribution is -0.148. The summed E-state index contributed by atoms with van der Waals surface area (Å²) in [6.45, 7) is 4.25. The SMILES string of the molecule is CC(C)[C@H](N)C(=O)N1NCCCC[C@H]1C(=O)N[C@@H](Cc1ccccc1)C(=O)O. The summed E-state index contributed by atoms with van der Waals surface area (Å²) in [6, 6.07) is 6.50. The van der Waals surface area contributed by atoms with Crippen LogP contribution in [-0.2, 0) is 20.8 Å². The van der Waals surface area contributed by atoms with E-state index in [1.54, 1.807) is 0 Å². The molecule has 0 aromatic heterocycles. The van der Waals surface area contributed by atoms with Crippen molar-refractivity contribution in [3.63, 3.8) is 0 Å².